The fraction of sp³-hybridized carbons (Fsp3) is 0. The van der Waals surface area contributed by atoms with Crippen molar-refractivity contribution in [2.24, 2.45) is 0 Å². The van der Waals surface area contributed by atoms with Crippen LogP contribution in [0, 0.1) is 0 Å². The summed E-state index contributed by atoms with van der Waals surface area (Å²) in [6, 6.07) is 67.4. The first kappa shape index (κ1) is 29.5. The van der Waals surface area contributed by atoms with Gasteiger partial charge in [-0.15, -0.1) is 11.3 Å². The van der Waals surface area contributed by atoms with E-state index < -0.39 is 0 Å². The van der Waals surface area contributed by atoms with E-state index in [0.29, 0.717) is 0 Å². The minimum absolute atomic E-state index is 0.874. The lowest BCUT2D eigenvalue weighted by Crippen LogP contribution is -2.10. The van der Waals surface area contributed by atoms with Gasteiger partial charge in [-0.1, -0.05) is 127 Å². The van der Waals surface area contributed by atoms with Gasteiger partial charge in [0.1, 0.15) is 11.2 Å². The highest BCUT2D eigenvalue weighted by Crippen LogP contribution is 2.44. The molecule has 3 heteroatoms. The van der Waals surface area contributed by atoms with E-state index in [2.05, 4.69) is 181 Å². The molecular formula is C48H31NOS. The van der Waals surface area contributed by atoms with Gasteiger partial charge in [-0.3, -0.25) is 0 Å². The van der Waals surface area contributed by atoms with Crippen LogP contribution in [0.1, 0.15) is 0 Å². The van der Waals surface area contributed by atoms with E-state index in [1.54, 1.807) is 0 Å². The molecule has 0 aliphatic heterocycles. The third-order valence-electron chi connectivity index (χ3n) is 9.87. The molecular weight excluding hydrogens is 639 g/mol. The Hall–Kier alpha value is -6.42. The summed E-state index contributed by atoms with van der Waals surface area (Å²) in [6.07, 6.45) is 0. The quantitative estimate of drug-likeness (QED) is 0.175. The van der Waals surface area contributed by atoms with Crippen LogP contribution in [-0.4, -0.2) is 0 Å². The van der Waals surface area contributed by atoms with Gasteiger partial charge in [0, 0.05) is 36.9 Å². The first-order valence-electron chi connectivity index (χ1n) is 17.2. The van der Waals surface area contributed by atoms with Crippen molar-refractivity contribution in [1.82, 2.24) is 0 Å². The number of para-hydroxylation sites is 1. The molecule has 8 aromatic carbocycles. The predicted molar refractivity (Wildman–Crippen MR) is 218 cm³/mol. The molecule has 0 aliphatic rings. The van der Waals surface area contributed by atoms with Crippen molar-refractivity contribution in [2.75, 3.05) is 4.90 Å². The average molecular weight is 670 g/mol. The van der Waals surface area contributed by atoms with E-state index >= 15 is 0 Å². The van der Waals surface area contributed by atoms with Crippen molar-refractivity contribution in [2.45, 2.75) is 0 Å². The van der Waals surface area contributed by atoms with Gasteiger partial charge in [0.05, 0.1) is 11.1 Å². The maximum absolute atomic E-state index is 6.37. The van der Waals surface area contributed by atoms with E-state index in [0.717, 1.165) is 44.6 Å². The predicted octanol–water partition coefficient (Wildman–Crippen LogP) is 14.4. The third-order valence-corrected chi connectivity index (χ3v) is 11.0. The molecule has 0 spiro atoms. The molecule has 0 aliphatic carbocycles. The third kappa shape index (κ3) is 5.18. The smallest absolute Gasteiger partial charge is 0.137 e. The molecule has 2 aromatic heterocycles. The molecule has 10 aromatic rings. The fourth-order valence-corrected chi connectivity index (χ4v) is 8.56. The van der Waals surface area contributed by atoms with Crippen molar-refractivity contribution >= 4 is 70.5 Å². The zero-order chi connectivity index (χ0) is 33.7. The number of thiophene rings is 1. The number of hydrogen-bond acceptors (Lipinski definition) is 3. The summed E-state index contributed by atoms with van der Waals surface area (Å²) in [7, 11) is 0. The van der Waals surface area contributed by atoms with Gasteiger partial charge >= 0.3 is 0 Å². The van der Waals surface area contributed by atoms with Crippen molar-refractivity contribution in [1.29, 1.82) is 0 Å². The summed E-state index contributed by atoms with van der Waals surface area (Å²) < 4.78 is 9.01. The lowest BCUT2D eigenvalue weighted by atomic mass is 9.98. The van der Waals surface area contributed by atoms with Crippen LogP contribution in [0.5, 0.6) is 0 Å². The molecule has 0 radical (unpaired) electrons. The number of rotatable bonds is 6. The number of anilines is 3. The van der Waals surface area contributed by atoms with Crippen molar-refractivity contribution in [3.05, 3.63) is 188 Å². The molecule has 0 unspecified atom stereocenters. The normalized spacial score (nSPS) is 11.5. The minimum Gasteiger partial charge on any atom is -0.456 e. The Morgan fingerprint density at radius 1 is 0.353 bits per heavy atom. The Kier molecular flexibility index (Phi) is 7.04. The van der Waals surface area contributed by atoms with E-state index in [-0.39, 0.29) is 0 Å². The highest BCUT2D eigenvalue weighted by atomic mass is 32.1. The molecule has 2 heterocycles. The van der Waals surface area contributed by atoms with Crippen LogP contribution in [0.25, 0.3) is 75.5 Å². The first-order chi connectivity index (χ1) is 25.3. The molecule has 2 nitrogen and oxygen atoms in total. The van der Waals surface area contributed by atoms with E-state index in [4.69, 9.17) is 4.42 Å². The summed E-state index contributed by atoms with van der Waals surface area (Å²) in [5.74, 6) is 0. The Labute approximate surface area is 300 Å². The molecule has 51 heavy (non-hydrogen) atoms. The van der Waals surface area contributed by atoms with Crippen molar-refractivity contribution in [3.8, 4) is 33.4 Å². The topological polar surface area (TPSA) is 16.4 Å². The number of fused-ring (bicyclic) bond motifs is 6. The molecule has 0 saturated heterocycles. The number of hydrogen-bond donors (Lipinski definition) is 0. The van der Waals surface area contributed by atoms with Gasteiger partial charge in [-0.05, 0) is 94.0 Å². The monoisotopic (exact) mass is 669 g/mol. The minimum atomic E-state index is 0.874. The standard InChI is InChI=1S/C48H31NOS/c1-2-11-32(12-3-1)34-13-8-14-35(29-34)36-15-9-16-39(30-36)49(43-19-10-21-45-48(43)42-18-4-6-20-44(42)50-45)38-26-23-33(24-27-38)37-25-28-41-40-17-5-7-22-46(40)51-47(41)31-37/h1-31H. The molecule has 0 bridgehead atoms. The van der Waals surface area contributed by atoms with Crippen molar-refractivity contribution in [3.63, 3.8) is 0 Å². The SMILES string of the molecule is c1ccc(-c2cccc(-c3cccc(N(c4ccc(-c5ccc6c(c5)sc5ccccc56)cc4)c4cccc5oc6ccccc6c45)c3)c2)cc1. The maximum Gasteiger partial charge on any atom is 0.137 e. The van der Waals surface area contributed by atoms with Crippen LogP contribution in [0.4, 0.5) is 17.1 Å². The second kappa shape index (κ2) is 12.2. The second-order valence-corrected chi connectivity index (χ2v) is 14.0. The fourth-order valence-electron chi connectivity index (χ4n) is 7.41. The molecule has 240 valence electrons. The Bertz CT molecular complexity index is 2860. The summed E-state index contributed by atoms with van der Waals surface area (Å²) in [5.41, 5.74) is 12.2. The molecule has 0 N–H and O–H groups in total. The molecule has 0 saturated carbocycles. The maximum atomic E-state index is 6.37. The molecule has 0 fully saturated rings. The van der Waals surface area contributed by atoms with E-state index in [1.165, 1.54) is 48.0 Å². The molecule has 0 amide bonds. The highest BCUT2D eigenvalue weighted by Gasteiger charge is 2.20. The van der Waals surface area contributed by atoms with Crippen LogP contribution in [-0.2, 0) is 0 Å². The Morgan fingerprint density at radius 3 is 1.80 bits per heavy atom. The van der Waals surface area contributed by atoms with Crippen LogP contribution >= 0.6 is 11.3 Å². The second-order valence-electron chi connectivity index (χ2n) is 12.9. The van der Waals surface area contributed by atoms with Gasteiger partial charge in [-0.25, -0.2) is 0 Å². The summed E-state index contributed by atoms with van der Waals surface area (Å²) in [4.78, 5) is 2.37. The number of furan rings is 1. The van der Waals surface area contributed by atoms with Gasteiger partial charge in [-0.2, -0.15) is 0 Å². The zero-order valence-corrected chi connectivity index (χ0v) is 28.5. The van der Waals surface area contributed by atoms with Gasteiger partial charge in [0.25, 0.3) is 0 Å². The van der Waals surface area contributed by atoms with Crippen LogP contribution in [0.3, 0.4) is 0 Å². The Morgan fingerprint density at radius 2 is 0.941 bits per heavy atom. The lowest BCUT2D eigenvalue weighted by molar-refractivity contribution is 0.669. The van der Waals surface area contributed by atoms with E-state index in [9.17, 15) is 0 Å². The van der Waals surface area contributed by atoms with Gasteiger partial charge in [0.15, 0.2) is 0 Å². The molecule has 10 rings (SSSR count). The van der Waals surface area contributed by atoms with Crippen LogP contribution in [0.15, 0.2) is 192 Å². The van der Waals surface area contributed by atoms with Crippen LogP contribution in [0.2, 0.25) is 0 Å². The highest BCUT2D eigenvalue weighted by molar-refractivity contribution is 7.25. The Balaban J connectivity index is 1.11. The zero-order valence-electron chi connectivity index (χ0n) is 27.7. The average Bonchev–Trinajstić information content (AvgIpc) is 3.77. The van der Waals surface area contributed by atoms with Gasteiger partial charge in [0.2, 0.25) is 0 Å². The number of nitrogens with zero attached hydrogens (tertiary/aromatic N) is 1. The first-order valence-corrected chi connectivity index (χ1v) is 18.1. The molecule has 0 atom stereocenters. The summed E-state index contributed by atoms with van der Waals surface area (Å²) >= 11 is 1.86. The van der Waals surface area contributed by atoms with E-state index in [1.807, 2.05) is 23.5 Å². The van der Waals surface area contributed by atoms with Crippen molar-refractivity contribution < 1.29 is 4.42 Å². The summed E-state index contributed by atoms with van der Waals surface area (Å²) in [5, 5.41) is 4.85. The largest absolute Gasteiger partial charge is 0.456 e. The van der Waals surface area contributed by atoms with Gasteiger partial charge < -0.3 is 9.32 Å². The number of benzene rings is 8. The summed E-state index contributed by atoms with van der Waals surface area (Å²) in [6.45, 7) is 0. The lowest BCUT2D eigenvalue weighted by Gasteiger charge is -2.27. The van der Waals surface area contributed by atoms with Crippen LogP contribution < -0.4 is 4.90 Å².